The van der Waals surface area contributed by atoms with E-state index in [0.717, 1.165) is 36.7 Å². The standard InChI is InChI=1S/C16H23BrN2O/c17-15-3-1-13(2-4-15)16(11-20-12-16)14-5-8-19(9-6-14)10-7-18/h1-4,14H,5-12,18H2. The van der Waals surface area contributed by atoms with Crippen LogP contribution in [0.15, 0.2) is 28.7 Å². The van der Waals surface area contributed by atoms with Gasteiger partial charge in [-0.1, -0.05) is 28.1 Å². The lowest BCUT2D eigenvalue weighted by atomic mass is 9.65. The molecule has 2 aliphatic rings. The van der Waals surface area contributed by atoms with Crippen LogP contribution in [-0.4, -0.2) is 44.3 Å². The summed E-state index contributed by atoms with van der Waals surface area (Å²) in [6.45, 7) is 5.94. The third-order valence-electron chi connectivity index (χ3n) is 4.95. The van der Waals surface area contributed by atoms with Gasteiger partial charge >= 0.3 is 0 Å². The van der Waals surface area contributed by atoms with Crippen LogP contribution < -0.4 is 5.73 Å². The predicted octanol–water partition coefficient (Wildman–Crippen LogP) is 2.39. The number of rotatable bonds is 4. The molecule has 20 heavy (non-hydrogen) atoms. The van der Waals surface area contributed by atoms with Crippen LogP contribution in [0.5, 0.6) is 0 Å². The lowest BCUT2D eigenvalue weighted by molar-refractivity contribution is -0.102. The number of benzene rings is 1. The summed E-state index contributed by atoms with van der Waals surface area (Å²) in [5.41, 5.74) is 7.36. The van der Waals surface area contributed by atoms with Gasteiger partial charge in [0.25, 0.3) is 0 Å². The lowest BCUT2D eigenvalue weighted by Gasteiger charge is -2.50. The van der Waals surface area contributed by atoms with Gasteiger partial charge < -0.3 is 15.4 Å². The summed E-state index contributed by atoms with van der Waals surface area (Å²) in [5.74, 6) is 0.742. The van der Waals surface area contributed by atoms with E-state index in [-0.39, 0.29) is 5.41 Å². The fourth-order valence-corrected chi connectivity index (χ4v) is 3.90. The SMILES string of the molecule is NCCN1CCC(C2(c3ccc(Br)cc3)COC2)CC1. The largest absolute Gasteiger partial charge is 0.379 e. The van der Waals surface area contributed by atoms with Crippen LogP contribution in [0.4, 0.5) is 0 Å². The lowest BCUT2D eigenvalue weighted by Crippen LogP contribution is -2.55. The van der Waals surface area contributed by atoms with Crippen molar-refractivity contribution in [3.63, 3.8) is 0 Å². The third kappa shape index (κ3) is 2.67. The van der Waals surface area contributed by atoms with Crippen LogP contribution in [0.3, 0.4) is 0 Å². The monoisotopic (exact) mass is 338 g/mol. The first-order valence-electron chi connectivity index (χ1n) is 7.51. The van der Waals surface area contributed by atoms with E-state index in [4.69, 9.17) is 10.5 Å². The number of hydrogen-bond donors (Lipinski definition) is 1. The molecule has 2 heterocycles. The molecule has 0 spiro atoms. The van der Waals surface area contributed by atoms with Gasteiger partial charge in [-0.25, -0.2) is 0 Å². The van der Waals surface area contributed by atoms with Gasteiger partial charge in [0.05, 0.1) is 13.2 Å². The van der Waals surface area contributed by atoms with Crippen molar-refractivity contribution in [1.82, 2.24) is 4.90 Å². The van der Waals surface area contributed by atoms with Crippen molar-refractivity contribution in [1.29, 1.82) is 0 Å². The van der Waals surface area contributed by atoms with E-state index in [1.54, 1.807) is 0 Å². The average Bonchev–Trinajstić information content (AvgIpc) is 2.42. The van der Waals surface area contributed by atoms with Crippen LogP contribution in [-0.2, 0) is 10.2 Å². The fourth-order valence-electron chi connectivity index (χ4n) is 3.63. The number of hydrogen-bond acceptors (Lipinski definition) is 3. The Labute approximate surface area is 129 Å². The highest BCUT2D eigenvalue weighted by atomic mass is 79.9. The fraction of sp³-hybridized carbons (Fsp3) is 0.625. The highest BCUT2D eigenvalue weighted by Crippen LogP contribution is 2.44. The van der Waals surface area contributed by atoms with E-state index in [0.29, 0.717) is 0 Å². The molecule has 0 bridgehead atoms. The molecule has 2 saturated heterocycles. The van der Waals surface area contributed by atoms with Crippen molar-refractivity contribution in [2.24, 2.45) is 11.7 Å². The number of nitrogens with zero attached hydrogens (tertiary/aromatic N) is 1. The highest BCUT2D eigenvalue weighted by molar-refractivity contribution is 9.10. The second-order valence-electron chi connectivity index (χ2n) is 6.06. The van der Waals surface area contributed by atoms with Crippen LogP contribution >= 0.6 is 15.9 Å². The minimum absolute atomic E-state index is 0.259. The Morgan fingerprint density at radius 1 is 1.20 bits per heavy atom. The Bertz CT molecular complexity index is 436. The van der Waals surface area contributed by atoms with Crippen LogP contribution in [0.2, 0.25) is 0 Å². The van der Waals surface area contributed by atoms with Crippen molar-refractivity contribution < 1.29 is 4.74 Å². The molecule has 0 atom stereocenters. The molecule has 3 nitrogen and oxygen atoms in total. The molecule has 110 valence electrons. The Hall–Kier alpha value is -0.420. The molecule has 0 amide bonds. The van der Waals surface area contributed by atoms with Gasteiger partial charge in [0.1, 0.15) is 0 Å². The van der Waals surface area contributed by atoms with Gasteiger partial charge in [0.15, 0.2) is 0 Å². The van der Waals surface area contributed by atoms with Gasteiger partial charge in [-0.3, -0.25) is 0 Å². The van der Waals surface area contributed by atoms with Crippen molar-refractivity contribution in [2.45, 2.75) is 18.3 Å². The predicted molar refractivity (Wildman–Crippen MR) is 84.9 cm³/mol. The van der Waals surface area contributed by atoms with E-state index < -0.39 is 0 Å². The number of halogens is 1. The van der Waals surface area contributed by atoms with Gasteiger partial charge in [-0.15, -0.1) is 0 Å². The maximum Gasteiger partial charge on any atom is 0.0588 e. The molecule has 2 N–H and O–H groups in total. The average molecular weight is 339 g/mol. The Morgan fingerprint density at radius 3 is 2.35 bits per heavy atom. The first kappa shape index (κ1) is 14.5. The summed E-state index contributed by atoms with van der Waals surface area (Å²) in [5, 5.41) is 0. The topological polar surface area (TPSA) is 38.5 Å². The third-order valence-corrected chi connectivity index (χ3v) is 5.48. The maximum absolute atomic E-state index is 5.66. The van der Waals surface area contributed by atoms with Crippen molar-refractivity contribution in [3.8, 4) is 0 Å². The van der Waals surface area contributed by atoms with E-state index in [9.17, 15) is 0 Å². The van der Waals surface area contributed by atoms with Crippen molar-refractivity contribution in [2.75, 3.05) is 39.4 Å². The molecular weight excluding hydrogens is 316 g/mol. The number of nitrogens with two attached hydrogens (primary N) is 1. The van der Waals surface area contributed by atoms with E-state index in [1.807, 2.05) is 0 Å². The molecule has 1 aromatic carbocycles. The number of likely N-dealkylation sites (tertiary alicyclic amines) is 1. The van der Waals surface area contributed by atoms with Crippen molar-refractivity contribution in [3.05, 3.63) is 34.3 Å². The molecule has 2 aliphatic heterocycles. The molecule has 0 aliphatic carbocycles. The first-order valence-corrected chi connectivity index (χ1v) is 8.30. The van der Waals surface area contributed by atoms with E-state index in [1.165, 1.54) is 31.5 Å². The molecule has 0 unspecified atom stereocenters. The zero-order chi connectivity index (χ0) is 14.0. The minimum atomic E-state index is 0.259. The number of ether oxygens (including phenoxy) is 1. The zero-order valence-corrected chi connectivity index (χ0v) is 13.4. The Morgan fingerprint density at radius 2 is 1.85 bits per heavy atom. The van der Waals surface area contributed by atoms with E-state index >= 15 is 0 Å². The van der Waals surface area contributed by atoms with Crippen LogP contribution in [0.25, 0.3) is 0 Å². The summed E-state index contributed by atoms with van der Waals surface area (Å²) in [6.07, 6.45) is 2.53. The van der Waals surface area contributed by atoms with Gasteiger partial charge in [0.2, 0.25) is 0 Å². The molecule has 2 fully saturated rings. The molecular formula is C16H23BrN2O. The summed E-state index contributed by atoms with van der Waals surface area (Å²) in [7, 11) is 0. The highest BCUT2D eigenvalue weighted by Gasteiger charge is 2.47. The Balaban J connectivity index is 1.72. The van der Waals surface area contributed by atoms with Crippen LogP contribution in [0, 0.1) is 5.92 Å². The van der Waals surface area contributed by atoms with Gasteiger partial charge in [0, 0.05) is 23.0 Å². The molecule has 0 saturated carbocycles. The molecule has 1 aromatic rings. The smallest absolute Gasteiger partial charge is 0.0588 e. The van der Waals surface area contributed by atoms with E-state index in [2.05, 4.69) is 45.1 Å². The normalized spacial score (nSPS) is 23.5. The zero-order valence-electron chi connectivity index (χ0n) is 11.9. The second-order valence-corrected chi connectivity index (χ2v) is 6.98. The van der Waals surface area contributed by atoms with Gasteiger partial charge in [-0.2, -0.15) is 0 Å². The maximum atomic E-state index is 5.66. The quantitative estimate of drug-likeness (QED) is 0.915. The summed E-state index contributed by atoms with van der Waals surface area (Å²) in [4.78, 5) is 2.49. The summed E-state index contributed by atoms with van der Waals surface area (Å²) < 4.78 is 6.75. The second kappa shape index (κ2) is 6.14. The van der Waals surface area contributed by atoms with Crippen molar-refractivity contribution >= 4 is 15.9 Å². The molecule has 3 rings (SSSR count). The minimum Gasteiger partial charge on any atom is -0.379 e. The first-order chi connectivity index (χ1) is 9.74. The van der Waals surface area contributed by atoms with Gasteiger partial charge in [-0.05, 0) is 49.5 Å². The number of piperidine rings is 1. The molecule has 0 aromatic heterocycles. The Kier molecular flexibility index (Phi) is 4.46. The molecule has 4 heteroatoms. The van der Waals surface area contributed by atoms with Crippen LogP contribution in [0.1, 0.15) is 18.4 Å². The summed E-state index contributed by atoms with van der Waals surface area (Å²) in [6, 6.07) is 8.83. The molecule has 0 radical (unpaired) electrons. The summed E-state index contributed by atoms with van der Waals surface area (Å²) >= 11 is 3.52.